The van der Waals surface area contributed by atoms with Crippen LogP contribution in [0.1, 0.15) is 61.9 Å². The van der Waals surface area contributed by atoms with Gasteiger partial charge in [-0.1, -0.05) is 43.6 Å². The Labute approximate surface area is 217 Å². The Morgan fingerprint density at radius 2 is 1.81 bits per heavy atom. The van der Waals surface area contributed by atoms with Gasteiger partial charge in [-0.25, -0.2) is 14.8 Å². The van der Waals surface area contributed by atoms with Crippen molar-refractivity contribution in [1.29, 1.82) is 0 Å². The third kappa shape index (κ3) is 4.92. The summed E-state index contributed by atoms with van der Waals surface area (Å²) in [7, 11) is 1.77. The summed E-state index contributed by atoms with van der Waals surface area (Å²) in [5, 5.41) is 13.4. The van der Waals surface area contributed by atoms with Gasteiger partial charge in [-0.2, -0.15) is 0 Å². The number of halogens is 1. The molecule has 0 radical (unpaired) electrons. The van der Waals surface area contributed by atoms with E-state index in [0.717, 1.165) is 23.4 Å². The van der Waals surface area contributed by atoms with E-state index in [2.05, 4.69) is 41.3 Å². The maximum atomic E-state index is 11.6. The average Bonchev–Trinajstić information content (AvgIpc) is 2.84. The van der Waals surface area contributed by atoms with Gasteiger partial charge in [0.05, 0.1) is 34.4 Å². The molecule has 2 aliphatic rings. The Morgan fingerprint density at radius 1 is 1.08 bits per heavy atom. The van der Waals surface area contributed by atoms with Gasteiger partial charge in [0.25, 0.3) is 0 Å². The number of hydrogen-bond acceptors (Lipinski definition) is 5. The molecule has 0 aliphatic heterocycles. The Hall–Kier alpha value is -3.12. The molecular weight excluding hydrogens is 472 g/mol. The van der Waals surface area contributed by atoms with E-state index in [1.165, 1.54) is 37.7 Å². The van der Waals surface area contributed by atoms with Crippen molar-refractivity contribution in [1.82, 2.24) is 9.97 Å². The third-order valence-electron chi connectivity index (χ3n) is 8.02. The highest BCUT2D eigenvalue weighted by Crippen LogP contribution is 2.51. The smallest absolute Gasteiger partial charge is 0.337 e. The second kappa shape index (κ2) is 9.74. The summed E-state index contributed by atoms with van der Waals surface area (Å²) in [5.74, 6) is 2.63. The van der Waals surface area contributed by atoms with Crippen LogP contribution in [0.4, 0.5) is 23.0 Å². The van der Waals surface area contributed by atoms with Gasteiger partial charge in [-0.15, -0.1) is 0 Å². The van der Waals surface area contributed by atoms with E-state index in [1.54, 1.807) is 48.6 Å². The zero-order chi connectivity index (χ0) is 25.4. The fourth-order valence-corrected chi connectivity index (χ4v) is 6.81. The standard InChI is InChI=1S/C29H33ClN4O2/c1-18-10-19-12-20(11-18)15-29(2,14-19)21-8-9-24(23(30)13-21)33-26-16-32-27(17-31-26)34(3)25-7-5-4-6-22(25)28(35)36/h4-9,13,16-20H,10-12,14-15H2,1-3H3,(H,31,33)(H,35,36). The largest absolute Gasteiger partial charge is 0.478 e. The molecule has 188 valence electrons. The van der Waals surface area contributed by atoms with Crippen molar-refractivity contribution in [3.05, 3.63) is 71.0 Å². The van der Waals surface area contributed by atoms with Gasteiger partial charge < -0.3 is 15.3 Å². The Morgan fingerprint density at radius 3 is 2.44 bits per heavy atom. The predicted octanol–water partition coefficient (Wildman–Crippen LogP) is 7.44. The van der Waals surface area contributed by atoms with Gasteiger partial charge in [-0.3, -0.25) is 0 Å². The molecule has 2 aromatic carbocycles. The number of carbonyl (C=O) groups is 1. The molecule has 3 aromatic rings. The fourth-order valence-electron chi connectivity index (χ4n) is 6.58. The zero-order valence-corrected chi connectivity index (χ0v) is 21.8. The number of para-hydroxylation sites is 1. The van der Waals surface area contributed by atoms with E-state index in [0.29, 0.717) is 22.3 Å². The van der Waals surface area contributed by atoms with Crippen LogP contribution in [-0.4, -0.2) is 28.1 Å². The van der Waals surface area contributed by atoms with Crippen molar-refractivity contribution in [3.63, 3.8) is 0 Å². The molecule has 0 amide bonds. The number of fused-ring (bicyclic) bond motifs is 2. The first-order valence-corrected chi connectivity index (χ1v) is 13.0. The molecule has 1 heterocycles. The number of rotatable bonds is 6. The molecule has 0 saturated heterocycles. The minimum atomic E-state index is -0.985. The van der Waals surface area contributed by atoms with Crippen LogP contribution in [-0.2, 0) is 5.41 Å². The summed E-state index contributed by atoms with van der Waals surface area (Å²) < 4.78 is 0. The van der Waals surface area contributed by atoms with Crippen LogP contribution in [0.25, 0.3) is 0 Å². The molecule has 1 aromatic heterocycles. The Kier molecular flexibility index (Phi) is 6.64. The van der Waals surface area contributed by atoms with Crippen molar-refractivity contribution in [2.24, 2.45) is 17.8 Å². The van der Waals surface area contributed by atoms with Crippen LogP contribution < -0.4 is 10.2 Å². The lowest BCUT2D eigenvalue weighted by atomic mass is 9.57. The molecule has 2 bridgehead atoms. The lowest BCUT2D eigenvalue weighted by Gasteiger charge is -2.47. The van der Waals surface area contributed by atoms with Crippen LogP contribution in [0.5, 0.6) is 0 Å². The van der Waals surface area contributed by atoms with E-state index in [4.69, 9.17) is 11.6 Å². The van der Waals surface area contributed by atoms with Crippen molar-refractivity contribution < 1.29 is 9.90 Å². The van der Waals surface area contributed by atoms with Crippen LogP contribution in [0.3, 0.4) is 0 Å². The second-order valence-electron chi connectivity index (χ2n) is 11.0. The summed E-state index contributed by atoms with van der Waals surface area (Å²) in [5.41, 5.74) is 3.05. The van der Waals surface area contributed by atoms with E-state index in [1.807, 2.05) is 6.07 Å². The number of aromatic carboxylic acids is 1. The summed E-state index contributed by atoms with van der Waals surface area (Å²) in [6.45, 7) is 4.81. The topological polar surface area (TPSA) is 78.4 Å². The number of carboxylic acids is 1. The molecular formula is C29H33ClN4O2. The van der Waals surface area contributed by atoms with Crippen molar-refractivity contribution in [2.45, 2.75) is 51.4 Å². The molecule has 0 spiro atoms. The SMILES string of the molecule is CC1CC2CC(C1)CC(C)(c1ccc(Nc3cnc(N(C)c4ccccc4C(=O)O)cn3)c(Cl)c1)C2. The quantitative estimate of drug-likeness (QED) is 0.363. The van der Waals surface area contributed by atoms with Crippen LogP contribution in [0, 0.1) is 17.8 Å². The average molecular weight is 505 g/mol. The van der Waals surface area contributed by atoms with Gasteiger partial charge in [0, 0.05) is 7.05 Å². The highest BCUT2D eigenvalue weighted by atomic mass is 35.5. The molecule has 6 nitrogen and oxygen atoms in total. The van der Waals surface area contributed by atoms with E-state index >= 15 is 0 Å². The van der Waals surface area contributed by atoms with E-state index in [-0.39, 0.29) is 11.0 Å². The number of hydrogen-bond donors (Lipinski definition) is 2. The molecule has 7 heteroatoms. The second-order valence-corrected chi connectivity index (χ2v) is 11.4. The Balaban J connectivity index is 1.30. The molecule has 2 N–H and O–H groups in total. The van der Waals surface area contributed by atoms with Gasteiger partial charge >= 0.3 is 5.97 Å². The normalized spacial score (nSPS) is 25.3. The number of nitrogens with one attached hydrogen (secondary N) is 1. The first kappa shape index (κ1) is 24.6. The monoisotopic (exact) mass is 504 g/mol. The first-order chi connectivity index (χ1) is 17.2. The molecule has 2 atom stereocenters. The van der Waals surface area contributed by atoms with Gasteiger partial charge in [-0.05, 0) is 85.1 Å². The highest BCUT2D eigenvalue weighted by Gasteiger charge is 2.41. The van der Waals surface area contributed by atoms with Crippen LogP contribution in [0.15, 0.2) is 54.9 Å². The van der Waals surface area contributed by atoms with Crippen molar-refractivity contribution >= 4 is 40.6 Å². The summed E-state index contributed by atoms with van der Waals surface area (Å²) in [6, 6.07) is 13.2. The van der Waals surface area contributed by atoms with Gasteiger partial charge in [0.15, 0.2) is 5.82 Å². The lowest BCUT2D eigenvalue weighted by Crippen LogP contribution is -2.38. The van der Waals surface area contributed by atoms with Crippen LogP contribution >= 0.6 is 11.6 Å². The van der Waals surface area contributed by atoms with Crippen molar-refractivity contribution in [2.75, 3.05) is 17.3 Å². The number of aromatic nitrogens is 2. The molecule has 5 rings (SSSR count). The van der Waals surface area contributed by atoms with Gasteiger partial charge in [0.1, 0.15) is 5.82 Å². The molecule has 36 heavy (non-hydrogen) atoms. The highest BCUT2D eigenvalue weighted by molar-refractivity contribution is 6.33. The molecule has 2 aliphatic carbocycles. The summed E-state index contributed by atoms with van der Waals surface area (Å²) in [6.07, 6.45) is 9.82. The van der Waals surface area contributed by atoms with Crippen molar-refractivity contribution in [3.8, 4) is 0 Å². The van der Waals surface area contributed by atoms with Gasteiger partial charge in [0.2, 0.25) is 0 Å². The number of benzene rings is 2. The third-order valence-corrected chi connectivity index (χ3v) is 8.34. The lowest BCUT2D eigenvalue weighted by molar-refractivity contribution is 0.0697. The minimum Gasteiger partial charge on any atom is -0.478 e. The number of carboxylic acid groups (broad SMARTS) is 1. The summed E-state index contributed by atoms with van der Waals surface area (Å²) in [4.78, 5) is 22.3. The maximum absolute atomic E-state index is 11.6. The summed E-state index contributed by atoms with van der Waals surface area (Å²) >= 11 is 6.74. The first-order valence-electron chi connectivity index (χ1n) is 12.7. The molecule has 2 saturated carbocycles. The van der Waals surface area contributed by atoms with Crippen LogP contribution in [0.2, 0.25) is 5.02 Å². The fraction of sp³-hybridized carbons (Fsp3) is 0.414. The van der Waals surface area contributed by atoms with E-state index in [9.17, 15) is 9.90 Å². The molecule has 2 unspecified atom stereocenters. The predicted molar refractivity (Wildman–Crippen MR) is 145 cm³/mol. The van der Waals surface area contributed by atoms with E-state index < -0.39 is 5.97 Å². The Bertz CT molecular complexity index is 1240. The maximum Gasteiger partial charge on any atom is 0.337 e. The zero-order valence-electron chi connectivity index (χ0n) is 21.0. The molecule has 2 fully saturated rings. The number of nitrogens with zero attached hydrogens (tertiary/aromatic N) is 3. The minimum absolute atomic E-state index is 0.175. The number of anilines is 4.